The standard InChI is InChI=1S/C15H9Cl2FN2O/c16-10-5-4-9(8-19)14(6-10)20-15(21)7-11-12(17)2-1-3-13(11)18/h1-6H,7H2,(H,20,21). The largest absolute Gasteiger partial charge is 0.325 e. The highest BCUT2D eigenvalue weighted by atomic mass is 35.5. The van der Waals surface area contributed by atoms with Gasteiger partial charge in [-0.2, -0.15) is 5.26 Å². The maximum Gasteiger partial charge on any atom is 0.228 e. The van der Waals surface area contributed by atoms with Crippen molar-refractivity contribution < 1.29 is 9.18 Å². The number of nitriles is 1. The van der Waals surface area contributed by atoms with Gasteiger partial charge < -0.3 is 5.32 Å². The Morgan fingerprint density at radius 1 is 1.29 bits per heavy atom. The normalized spacial score (nSPS) is 10.0. The number of carbonyl (C=O) groups excluding carboxylic acids is 1. The van der Waals surface area contributed by atoms with E-state index in [0.717, 1.165) is 0 Å². The van der Waals surface area contributed by atoms with Gasteiger partial charge in [-0.25, -0.2) is 4.39 Å². The Morgan fingerprint density at radius 3 is 2.71 bits per heavy atom. The van der Waals surface area contributed by atoms with Gasteiger partial charge in [0.2, 0.25) is 5.91 Å². The van der Waals surface area contributed by atoms with Crippen LogP contribution in [-0.4, -0.2) is 5.91 Å². The Hall–Kier alpha value is -2.09. The van der Waals surface area contributed by atoms with Crippen molar-refractivity contribution in [1.82, 2.24) is 0 Å². The molecular weight excluding hydrogens is 314 g/mol. The molecule has 1 amide bonds. The lowest BCUT2D eigenvalue weighted by atomic mass is 10.1. The van der Waals surface area contributed by atoms with E-state index in [2.05, 4.69) is 5.32 Å². The lowest BCUT2D eigenvalue weighted by Gasteiger charge is -2.09. The van der Waals surface area contributed by atoms with Crippen LogP contribution in [0, 0.1) is 17.1 Å². The molecule has 0 radical (unpaired) electrons. The minimum absolute atomic E-state index is 0.109. The monoisotopic (exact) mass is 322 g/mol. The average Bonchev–Trinajstić information content (AvgIpc) is 2.43. The van der Waals surface area contributed by atoms with Gasteiger partial charge in [-0.05, 0) is 30.3 Å². The second-order valence-electron chi connectivity index (χ2n) is 4.23. The highest BCUT2D eigenvalue weighted by Crippen LogP contribution is 2.22. The van der Waals surface area contributed by atoms with Crippen LogP contribution in [0.4, 0.5) is 10.1 Å². The lowest BCUT2D eigenvalue weighted by molar-refractivity contribution is -0.115. The van der Waals surface area contributed by atoms with E-state index in [9.17, 15) is 9.18 Å². The molecule has 0 atom stereocenters. The van der Waals surface area contributed by atoms with Crippen LogP contribution in [0.1, 0.15) is 11.1 Å². The van der Waals surface area contributed by atoms with Gasteiger partial charge in [-0.1, -0.05) is 29.3 Å². The number of nitrogens with zero attached hydrogens (tertiary/aromatic N) is 1. The number of amides is 1. The summed E-state index contributed by atoms with van der Waals surface area (Å²) in [4.78, 5) is 12.0. The molecule has 3 nitrogen and oxygen atoms in total. The van der Waals surface area contributed by atoms with Crippen molar-refractivity contribution in [3.63, 3.8) is 0 Å². The first-order valence-corrected chi connectivity index (χ1v) is 6.69. The molecule has 0 spiro atoms. The highest BCUT2D eigenvalue weighted by molar-refractivity contribution is 6.31. The quantitative estimate of drug-likeness (QED) is 0.921. The Morgan fingerprint density at radius 2 is 2.05 bits per heavy atom. The van der Waals surface area contributed by atoms with Crippen molar-refractivity contribution in [2.75, 3.05) is 5.32 Å². The zero-order chi connectivity index (χ0) is 15.4. The predicted octanol–water partition coefficient (Wildman–Crippen LogP) is 4.19. The minimum Gasteiger partial charge on any atom is -0.325 e. The molecule has 0 heterocycles. The lowest BCUT2D eigenvalue weighted by Crippen LogP contribution is -2.16. The van der Waals surface area contributed by atoms with Crippen molar-refractivity contribution in [3.05, 3.63) is 63.4 Å². The first kappa shape index (κ1) is 15.3. The number of hydrogen-bond acceptors (Lipinski definition) is 2. The molecule has 21 heavy (non-hydrogen) atoms. The molecule has 2 aromatic rings. The molecule has 1 N–H and O–H groups in total. The molecule has 0 saturated heterocycles. The fourth-order valence-electron chi connectivity index (χ4n) is 1.77. The highest BCUT2D eigenvalue weighted by Gasteiger charge is 2.13. The number of anilines is 1. The van der Waals surface area contributed by atoms with Crippen LogP contribution in [0.3, 0.4) is 0 Å². The maximum atomic E-state index is 13.6. The first-order chi connectivity index (χ1) is 10.0. The minimum atomic E-state index is -0.552. The van der Waals surface area contributed by atoms with Crippen LogP contribution in [0.25, 0.3) is 0 Å². The number of benzene rings is 2. The van der Waals surface area contributed by atoms with Crippen LogP contribution < -0.4 is 5.32 Å². The summed E-state index contributed by atoms with van der Waals surface area (Å²) in [6, 6.07) is 10.6. The zero-order valence-electron chi connectivity index (χ0n) is 10.7. The summed E-state index contributed by atoms with van der Waals surface area (Å²) < 4.78 is 13.6. The van der Waals surface area contributed by atoms with Crippen LogP contribution >= 0.6 is 23.2 Å². The van der Waals surface area contributed by atoms with Crippen molar-refractivity contribution >= 4 is 34.8 Å². The van der Waals surface area contributed by atoms with Gasteiger partial charge in [0.25, 0.3) is 0 Å². The molecule has 6 heteroatoms. The topological polar surface area (TPSA) is 52.9 Å². The van der Waals surface area contributed by atoms with Crippen molar-refractivity contribution in [2.24, 2.45) is 0 Å². The summed E-state index contributed by atoms with van der Waals surface area (Å²) in [6.45, 7) is 0. The van der Waals surface area contributed by atoms with E-state index in [1.54, 1.807) is 6.07 Å². The van der Waals surface area contributed by atoms with E-state index in [1.807, 2.05) is 6.07 Å². The second-order valence-corrected chi connectivity index (χ2v) is 5.07. The third-order valence-electron chi connectivity index (χ3n) is 2.78. The number of carbonyl (C=O) groups is 1. The van der Waals surface area contributed by atoms with Gasteiger partial charge in [0.05, 0.1) is 17.7 Å². The first-order valence-electron chi connectivity index (χ1n) is 5.93. The molecule has 2 aromatic carbocycles. The van der Waals surface area contributed by atoms with Crippen molar-refractivity contribution in [1.29, 1.82) is 5.26 Å². The Balaban J connectivity index is 2.20. The van der Waals surface area contributed by atoms with Crippen LogP contribution in [0.15, 0.2) is 36.4 Å². The van der Waals surface area contributed by atoms with E-state index in [4.69, 9.17) is 28.5 Å². The summed E-state index contributed by atoms with van der Waals surface area (Å²) in [5.41, 5.74) is 0.659. The Kier molecular flexibility index (Phi) is 4.79. The summed E-state index contributed by atoms with van der Waals surface area (Å²) in [5, 5.41) is 12.1. The molecule has 0 fully saturated rings. The summed E-state index contributed by atoms with van der Waals surface area (Å²) in [6.07, 6.45) is -0.233. The van der Waals surface area contributed by atoms with Gasteiger partial charge in [-0.3, -0.25) is 4.79 Å². The molecule has 0 saturated carbocycles. The summed E-state index contributed by atoms with van der Waals surface area (Å²) >= 11 is 11.7. The molecule has 0 unspecified atom stereocenters. The summed E-state index contributed by atoms with van der Waals surface area (Å²) in [7, 11) is 0. The van der Waals surface area contributed by atoms with E-state index in [1.165, 1.54) is 30.3 Å². The van der Waals surface area contributed by atoms with Crippen LogP contribution in [-0.2, 0) is 11.2 Å². The van der Waals surface area contributed by atoms with E-state index < -0.39 is 11.7 Å². The SMILES string of the molecule is N#Cc1ccc(Cl)cc1NC(=O)Cc1c(F)cccc1Cl. The predicted molar refractivity (Wildman–Crippen MR) is 79.9 cm³/mol. The number of hydrogen-bond donors (Lipinski definition) is 1. The maximum absolute atomic E-state index is 13.6. The molecule has 0 aliphatic rings. The molecule has 0 aliphatic heterocycles. The van der Waals surface area contributed by atoms with Gasteiger partial charge in [0.15, 0.2) is 0 Å². The average molecular weight is 323 g/mol. The molecule has 0 bridgehead atoms. The molecule has 0 aromatic heterocycles. The molecular formula is C15H9Cl2FN2O. The number of halogens is 3. The van der Waals surface area contributed by atoms with Crippen molar-refractivity contribution in [3.8, 4) is 6.07 Å². The van der Waals surface area contributed by atoms with E-state index >= 15 is 0 Å². The van der Waals surface area contributed by atoms with Crippen LogP contribution in [0.5, 0.6) is 0 Å². The third kappa shape index (κ3) is 3.72. The summed E-state index contributed by atoms with van der Waals surface area (Å²) in [5.74, 6) is -1.04. The Bertz CT molecular complexity index is 721. The van der Waals surface area contributed by atoms with Gasteiger partial charge in [0.1, 0.15) is 11.9 Å². The second kappa shape index (κ2) is 6.57. The number of nitrogens with one attached hydrogen (secondary N) is 1. The zero-order valence-corrected chi connectivity index (χ0v) is 12.2. The van der Waals surface area contributed by atoms with Gasteiger partial charge in [-0.15, -0.1) is 0 Å². The molecule has 2 rings (SSSR count). The van der Waals surface area contributed by atoms with Gasteiger partial charge in [0, 0.05) is 15.6 Å². The fraction of sp³-hybridized carbons (Fsp3) is 0.0667. The Labute approximate surface area is 130 Å². The third-order valence-corrected chi connectivity index (χ3v) is 3.36. The van der Waals surface area contributed by atoms with E-state index in [0.29, 0.717) is 5.02 Å². The fourth-order valence-corrected chi connectivity index (χ4v) is 2.18. The van der Waals surface area contributed by atoms with Gasteiger partial charge >= 0.3 is 0 Å². The molecule has 106 valence electrons. The molecule has 0 aliphatic carbocycles. The number of rotatable bonds is 3. The van der Waals surface area contributed by atoms with Crippen LogP contribution in [0.2, 0.25) is 10.0 Å². The smallest absolute Gasteiger partial charge is 0.228 e. The van der Waals surface area contributed by atoms with Crippen molar-refractivity contribution in [2.45, 2.75) is 6.42 Å². The van der Waals surface area contributed by atoms with E-state index in [-0.39, 0.29) is 28.3 Å².